The van der Waals surface area contributed by atoms with Gasteiger partial charge < -0.3 is 15.7 Å². The van der Waals surface area contributed by atoms with Gasteiger partial charge in [-0.05, 0) is 31.7 Å². The Labute approximate surface area is 165 Å². The SMILES string of the molecule is Nc1ncc(-c2ccc([C@@H]3CCCN3C(=O)CC3(O)CCCCC3)nc2)cn1. The summed E-state index contributed by atoms with van der Waals surface area (Å²) in [5.74, 6) is 0.290. The van der Waals surface area contributed by atoms with Crippen LogP contribution in [0, 0.1) is 0 Å². The quantitative estimate of drug-likeness (QED) is 0.844. The van der Waals surface area contributed by atoms with Crippen molar-refractivity contribution in [3.8, 4) is 11.1 Å². The molecule has 0 unspecified atom stereocenters. The van der Waals surface area contributed by atoms with Crippen LogP contribution < -0.4 is 5.73 Å². The van der Waals surface area contributed by atoms with Gasteiger partial charge in [0, 0.05) is 36.3 Å². The van der Waals surface area contributed by atoms with Gasteiger partial charge in [-0.15, -0.1) is 0 Å². The molecule has 1 saturated heterocycles. The molecule has 1 amide bonds. The number of hydrogen-bond acceptors (Lipinski definition) is 6. The third kappa shape index (κ3) is 3.99. The van der Waals surface area contributed by atoms with Crippen molar-refractivity contribution >= 4 is 11.9 Å². The first-order valence-electron chi connectivity index (χ1n) is 10.1. The largest absolute Gasteiger partial charge is 0.389 e. The number of nitrogen functional groups attached to an aromatic ring is 1. The van der Waals surface area contributed by atoms with Gasteiger partial charge >= 0.3 is 0 Å². The molecule has 7 nitrogen and oxygen atoms in total. The van der Waals surface area contributed by atoms with Gasteiger partial charge in [0.05, 0.1) is 23.8 Å². The summed E-state index contributed by atoms with van der Waals surface area (Å²) in [6.07, 6.45) is 11.9. The van der Waals surface area contributed by atoms with Crippen molar-refractivity contribution in [1.29, 1.82) is 0 Å². The molecule has 1 saturated carbocycles. The van der Waals surface area contributed by atoms with E-state index in [1.165, 1.54) is 0 Å². The molecule has 1 atom stereocenters. The molecule has 0 spiro atoms. The number of amides is 1. The molecule has 2 fully saturated rings. The first-order valence-corrected chi connectivity index (χ1v) is 10.1. The van der Waals surface area contributed by atoms with Gasteiger partial charge in [0.15, 0.2) is 0 Å². The zero-order chi connectivity index (χ0) is 19.6. The molecule has 148 valence electrons. The molecule has 1 aliphatic carbocycles. The molecule has 3 N–H and O–H groups in total. The van der Waals surface area contributed by atoms with Gasteiger partial charge in [-0.1, -0.05) is 25.3 Å². The van der Waals surface area contributed by atoms with E-state index in [2.05, 4.69) is 15.0 Å². The molecule has 2 aromatic heterocycles. The second-order valence-corrected chi connectivity index (χ2v) is 8.01. The normalized spacial score (nSPS) is 21.6. The van der Waals surface area contributed by atoms with Gasteiger partial charge in [-0.2, -0.15) is 0 Å². The van der Waals surface area contributed by atoms with Gasteiger partial charge in [-0.3, -0.25) is 9.78 Å². The molecule has 0 bridgehead atoms. The average molecular weight is 381 g/mol. The van der Waals surface area contributed by atoms with Crippen LogP contribution in [0.25, 0.3) is 11.1 Å². The van der Waals surface area contributed by atoms with E-state index in [0.29, 0.717) is 0 Å². The third-order valence-electron chi connectivity index (χ3n) is 5.97. The molecule has 4 rings (SSSR count). The molecular weight excluding hydrogens is 354 g/mol. The number of pyridine rings is 1. The Bertz CT molecular complexity index is 816. The lowest BCUT2D eigenvalue weighted by atomic mass is 9.82. The molecule has 0 aromatic carbocycles. The van der Waals surface area contributed by atoms with Crippen molar-refractivity contribution in [2.24, 2.45) is 0 Å². The fourth-order valence-electron chi connectivity index (χ4n) is 4.40. The van der Waals surface area contributed by atoms with E-state index in [1.54, 1.807) is 18.6 Å². The highest BCUT2D eigenvalue weighted by molar-refractivity contribution is 5.78. The number of nitrogens with two attached hydrogens (primary N) is 1. The lowest BCUT2D eigenvalue weighted by molar-refractivity contribution is -0.138. The van der Waals surface area contributed by atoms with Gasteiger partial charge in [0.2, 0.25) is 11.9 Å². The highest BCUT2D eigenvalue weighted by Gasteiger charge is 2.37. The number of aromatic nitrogens is 3. The average Bonchev–Trinajstić information content (AvgIpc) is 3.19. The zero-order valence-corrected chi connectivity index (χ0v) is 16.0. The lowest BCUT2D eigenvalue weighted by Gasteiger charge is -2.34. The Morgan fingerprint density at radius 1 is 1.07 bits per heavy atom. The minimum Gasteiger partial charge on any atom is -0.389 e. The maximum atomic E-state index is 12.9. The number of rotatable bonds is 4. The van der Waals surface area contributed by atoms with Gasteiger partial charge in [-0.25, -0.2) is 9.97 Å². The van der Waals surface area contributed by atoms with Crippen LogP contribution >= 0.6 is 0 Å². The third-order valence-corrected chi connectivity index (χ3v) is 5.97. The first-order chi connectivity index (χ1) is 13.5. The summed E-state index contributed by atoms with van der Waals surface area (Å²) < 4.78 is 0. The number of hydrogen-bond donors (Lipinski definition) is 2. The van der Waals surface area contributed by atoms with E-state index < -0.39 is 5.60 Å². The standard InChI is InChI=1S/C21H27N5O2/c22-20-24-13-16(14-25-20)15-6-7-17(23-12-15)18-5-4-10-26(18)19(27)11-21(28)8-2-1-3-9-21/h6-7,12-14,18,28H,1-5,8-11H2,(H2,22,24,25)/t18-/m0/s1. The topological polar surface area (TPSA) is 105 Å². The Balaban J connectivity index is 1.47. The van der Waals surface area contributed by atoms with Crippen LogP contribution in [0.3, 0.4) is 0 Å². The van der Waals surface area contributed by atoms with E-state index in [4.69, 9.17) is 5.73 Å². The Morgan fingerprint density at radius 3 is 2.46 bits per heavy atom. The minimum atomic E-state index is -0.824. The van der Waals surface area contributed by atoms with E-state index in [1.807, 2.05) is 17.0 Å². The number of anilines is 1. The van der Waals surface area contributed by atoms with Crippen LogP contribution in [-0.4, -0.2) is 43.0 Å². The number of likely N-dealkylation sites (tertiary alicyclic amines) is 1. The van der Waals surface area contributed by atoms with E-state index in [9.17, 15) is 9.90 Å². The maximum absolute atomic E-state index is 12.9. The number of carbonyl (C=O) groups is 1. The summed E-state index contributed by atoms with van der Waals surface area (Å²) in [7, 11) is 0. The van der Waals surface area contributed by atoms with Crippen molar-refractivity contribution in [2.75, 3.05) is 12.3 Å². The predicted octanol–water partition coefficient (Wildman–Crippen LogP) is 2.87. The van der Waals surface area contributed by atoms with Crippen LogP contribution in [0.1, 0.15) is 63.1 Å². The van der Waals surface area contributed by atoms with E-state index >= 15 is 0 Å². The predicted molar refractivity (Wildman–Crippen MR) is 106 cm³/mol. The summed E-state index contributed by atoms with van der Waals surface area (Å²) in [4.78, 5) is 27.5. The fourth-order valence-corrected chi connectivity index (χ4v) is 4.40. The maximum Gasteiger partial charge on any atom is 0.226 e. The Morgan fingerprint density at radius 2 is 1.79 bits per heavy atom. The molecule has 2 aliphatic rings. The molecule has 3 heterocycles. The lowest BCUT2D eigenvalue weighted by Crippen LogP contribution is -2.40. The summed E-state index contributed by atoms with van der Waals surface area (Å²) in [5, 5.41) is 10.8. The smallest absolute Gasteiger partial charge is 0.226 e. The molecule has 0 radical (unpaired) electrons. The van der Waals surface area contributed by atoms with Crippen molar-refractivity contribution in [3.63, 3.8) is 0 Å². The zero-order valence-electron chi connectivity index (χ0n) is 16.0. The highest BCUT2D eigenvalue weighted by Crippen LogP contribution is 2.36. The van der Waals surface area contributed by atoms with Crippen molar-refractivity contribution in [3.05, 3.63) is 36.4 Å². The van der Waals surface area contributed by atoms with Crippen LogP contribution in [0.5, 0.6) is 0 Å². The summed E-state index contributed by atoms with van der Waals surface area (Å²) in [5.41, 5.74) is 7.37. The van der Waals surface area contributed by atoms with Gasteiger partial charge in [0.1, 0.15) is 0 Å². The number of carbonyl (C=O) groups excluding carboxylic acids is 1. The van der Waals surface area contributed by atoms with E-state index in [-0.39, 0.29) is 24.3 Å². The second-order valence-electron chi connectivity index (χ2n) is 8.01. The van der Waals surface area contributed by atoms with Crippen LogP contribution in [0.4, 0.5) is 5.95 Å². The molecule has 28 heavy (non-hydrogen) atoms. The summed E-state index contributed by atoms with van der Waals surface area (Å²) in [6, 6.07) is 3.93. The van der Waals surface area contributed by atoms with Crippen molar-refractivity contribution in [1.82, 2.24) is 19.9 Å². The first kappa shape index (κ1) is 18.8. The van der Waals surface area contributed by atoms with Crippen molar-refractivity contribution in [2.45, 2.75) is 63.0 Å². The Hall–Kier alpha value is -2.54. The number of aliphatic hydroxyl groups is 1. The molecule has 7 heteroatoms. The van der Waals surface area contributed by atoms with Crippen LogP contribution in [0.2, 0.25) is 0 Å². The summed E-state index contributed by atoms with van der Waals surface area (Å²) >= 11 is 0. The fraction of sp³-hybridized carbons (Fsp3) is 0.524. The summed E-state index contributed by atoms with van der Waals surface area (Å²) in [6.45, 7) is 0.731. The van der Waals surface area contributed by atoms with Crippen LogP contribution in [-0.2, 0) is 4.79 Å². The highest BCUT2D eigenvalue weighted by atomic mass is 16.3. The second kappa shape index (κ2) is 7.83. The molecule has 2 aromatic rings. The van der Waals surface area contributed by atoms with E-state index in [0.717, 1.165) is 68.3 Å². The van der Waals surface area contributed by atoms with Crippen LogP contribution in [0.15, 0.2) is 30.7 Å². The minimum absolute atomic E-state index is 0.0172. The van der Waals surface area contributed by atoms with Gasteiger partial charge in [0.25, 0.3) is 0 Å². The monoisotopic (exact) mass is 381 g/mol. The van der Waals surface area contributed by atoms with Crippen molar-refractivity contribution < 1.29 is 9.90 Å². The molecular formula is C21H27N5O2. The molecule has 1 aliphatic heterocycles. The Kier molecular flexibility index (Phi) is 5.26. The number of nitrogens with zero attached hydrogens (tertiary/aromatic N) is 4.